The molecule has 0 atom stereocenters. The lowest BCUT2D eigenvalue weighted by atomic mass is 9.95. The first-order chi connectivity index (χ1) is 7.56. The summed E-state index contributed by atoms with van der Waals surface area (Å²) in [6.07, 6.45) is 1.85. The van der Waals surface area contributed by atoms with Crippen LogP contribution in [0.3, 0.4) is 0 Å². The Bertz CT molecular complexity index is 352. The first-order valence-corrected chi connectivity index (χ1v) is 7.94. The Balaban J connectivity index is 2.76. The lowest BCUT2D eigenvalue weighted by Crippen LogP contribution is -2.48. The Morgan fingerprint density at radius 1 is 1.44 bits per heavy atom. The van der Waals surface area contributed by atoms with E-state index in [9.17, 15) is 4.79 Å². The Labute approximate surface area is 117 Å². The predicted octanol–water partition coefficient (Wildman–Crippen LogP) is 4.19. The summed E-state index contributed by atoms with van der Waals surface area (Å²) in [7, 11) is 0. The van der Waals surface area contributed by atoms with Crippen molar-refractivity contribution in [3.05, 3.63) is 20.8 Å². The summed E-state index contributed by atoms with van der Waals surface area (Å²) in [6.45, 7) is 4.19. The average Bonchev–Trinajstić information content (AvgIpc) is 2.73. The van der Waals surface area contributed by atoms with Gasteiger partial charge in [-0.05, 0) is 40.9 Å². The molecule has 0 aliphatic rings. The molecular weight excluding hydrogens is 354 g/mol. The fourth-order valence-corrected chi connectivity index (χ4v) is 3.60. The molecule has 0 saturated heterocycles. The second-order valence-electron chi connectivity index (χ2n) is 3.68. The molecule has 16 heavy (non-hydrogen) atoms. The third kappa shape index (κ3) is 3.31. The normalized spacial score (nSPS) is 11.5. The SMILES string of the molecule is CCC(CC)(CBr)NC(=O)c1ccc(Br)s1. The molecule has 0 bridgehead atoms. The van der Waals surface area contributed by atoms with Crippen LogP contribution in [0.5, 0.6) is 0 Å². The zero-order valence-electron chi connectivity index (χ0n) is 9.35. The minimum Gasteiger partial charge on any atom is -0.345 e. The number of carbonyl (C=O) groups is 1. The summed E-state index contributed by atoms with van der Waals surface area (Å²) in [5.74, 6) is 0.0128. The van der Waals surface area contributed by atoms with Crippen molar-refractivity contribution in [1.29, 1.82) is 0 Å². The molecule has 0 aliphatic carbocycles. The van der Waals surface area contributed by atoms with Gasteiger partial charge in [0.2, 0.25) is 0 Å². The predicted molar refractivity (Wildman–Crippen MR) is 76.6 cm³/mol. The van der Waals surface area contributed by atoms with Crippen LogP contribution in [-0.4, -0.2) is 16.8 Å². The third-order valence-corrected chi connectivity index (χ3v) is 5.48. The molecule has 90 valence electrons. The minimum atomic E-state index is -0.131. The molecule has 0 aromatic carbocycles. The molecule has 1 heterocycles. The van der Waals surface area contributed by atoms with E-state index in [2.05, 4.69) is 51.0 Å². The number of rotatable bonds is 5. The van der Waals surface area contributed by atoms with Gasteiger partial charge in [0.15, 0.2) is 0 Å². The van der Waals surface area contributed by atoms with Crippen molar-refractivity contribution in [1.82, 2.24) is 5.32 Å². The van der Waals surface area contributed by atoms with Crippen LogP contribution in [-0.2, 0) is 0 Å². The molecule has 0 saturated carbocycles. The van der Waals surface area contributed by atoms with Gasteiger partial charge in [-0.25, -0.2) is 0 Å². The number of thiophene rings is 1. The second kappa shape index (κ2) is 6.17. The van der Waals surface area contributed by atoms with Gasteiger partial charge < -0.3 is 5.32 Å². The highest BCUT2D eigenvalue weighted by Crippen LogP contribution is 2.24. The van der Waals surface area contributed by atoms with Crippen LogP contribution in [0.15, 0.2) is 15.9 Å². The quantitative estimate of drug-likeness (QED) is 0.775. The number of amides is 1. The number of hydrogen-bond acceptors (Lipinski definition) is 2. The van der Waals surface area contributed by atoms with E-state index in [1.165, 1.54) is 11.3 Å². The summed E-state index contributed by atoms with van der Waals surface area (Å²) in [5, 5.41) is 3.90. The molecule has 1 amide bonds. The Morgan fingerprint density at radius 2 is 2.06 bits per heavy atom. The van der Waals surface area contributed by atoms with Crippen molar-refractivity contribution >= 4 is 49.1 Å². The molecule has 5 heteroatoms. The largest absolute Gasteiger partial charge is 0.345 e. The smallest absolute Gasteiger partial charge is 0.261 e. The minimum absolute atomic E-state index is 0.0128. The summed E-state index contributed by atoms with van der Waals surface area (Å²) in [5.41, 5.74) is -0.131. The maximum Gasteiger partial charge on any atom is 0.261 e. The van der Waals surface area contributed by atoms with E-state index in [1.807, 2.05) is 12.1 Å². The van der Waals surface area contributed by atoms with Crippen LogP contribution in [0.1, 0.15) is 36.4 Å². The molecule has 1 N–H and O–H groups in total. The number of carbonyl (C=O) groups excluding carboxylic acids is 1. The van der Waals surface area contributed by atoms with E-state index in [0.717, 1.165) is 26.8 Å². The molecule has 0 spiro atoms. The summed E-state index contributed by atoms with van der Waals surface area (Å²) in [4.78, 5) is 12.8. The summed E-state index contributed by atoms with van der Waals surface area (Å²) in [6, 6.07) is 3.74. The van der Waals surface area contributed by atoms with Crippen LogP contribution in [0.2, 0.25) is 0 Å². The van der Waals surface area contributed by atoms with Gasteiger partial charge >= 0.3 is 0 Å². The maximum absolute atomic E-state index is 12.0. The fraction of sp³-hybridized carbons (Fsp3) is 0.545. The van der Waals surface area contributed by atoms with Gasteiger partial charge in [-0.3, -0.25) is 4.79 Å². The molecular formula is C11H15Br2NOS. The van der Waals surface area contributed by atoms with Crippen LogP contribution in [0.25, 0.3) is 0 Å². The van der Waals surface area contributed by atoms with Gasteiger partial charge in [0.1, 0.15) is 0 Å². The van der Waals surface area contributed by atoms with Crippen LogP contribution in [0.4, 0.5) is 0 Å². The maximum atomic E-state index is 12.0. The lowest BCUT2D eigenvalue weighted by molar-refractivity contribution is 0.0908. The monoisotopic (exact) mass is 367 g/mol. The Morgan fingerprint density at radius 3 is 2.44 bits per heavy atom. The van der Waals surface area contributed by atoms with Crippen molar-refractivity contribution in [2.75, 3.05) is 5.33 Å². The van der Waals surface area contributed by atoms with E-state index in [-0.39, 0.29) is 11.4 Å². The second-order valence-corrected chi connectivity index (χ2v) is 6.70. The Kier molecular flexibility index (Phi) is 5.47. The van der Waals surface area contributed by atoms with Crippen LogP contribution >= 0.6 is 43.2 Å². The van der Waals surface area contributed by atoms with Crippen molar-refractivity contribution in [3.63, 3.8) is 0 Å². The molecule has 0 radical (unpaired) electrons. The molecule has 0 unspecified atom stereocenters. The third-order valence-electron chi connectivity index (χ3n) is 2.79. The molecule has 0 aliphatic heterocycles. The molecule has 2 nitrogen and oxygen atoms in total. The van der Waals surface area contributed by atoms with Gasteiger partial charge in [-0.1, -0.05) is 29.8 Å². The standard InChI is InChI=1S/C11H15Br2NOS/c1-3-11(4-2,7-12)14-10(15)8-5-6-9(13)16-8/h5-6H,3-4,7H2,1-2H3,(H,14,15). The molecule has 1 aromatic rings. The van der Waals surface area contributed by atoms with E-state index in [1.54, 1.807) is 0 Å². The first kappa shape index (κ1) is 14.2. The summed E-state index contributed by atoms with van der Waals surface area (Å²) < 4.78 is 0.982. The highest BCUT2D eigenvalue weighted by Gasteiger charge is 2.27. The Hall–Kier alpha value is 0.130. The number of halogens is 2. The van der Waals surface area contributed by atoms with E-state index < -0.39 is 0 Å². The van der Waals surface area contributed by atoms with Gasteiger partial charge in [0.05, 0.1) is 8.66 Å². The zero-order chi connectivity index (χ0) is 12.2. The van der Waals surface area contributed by atoms with Gasteiger partial charge in [0.25, 0.3) is 5.91 Å². The highest BCUT2D eigenvalue weighted by molar-refractivity contribution is 9.11. The van der Waals surface area contributed by atoms with E-state index in [4.69, 9.17) is 0 Å². The van der Waals surface area contributed by atoms with Crippen molar-refractivity contribution in [2.24, 2.45) is 0 Å². The molecule has 1 aromatic heterocycles. The van der Waals surface area contributed by atoms with Crippen molar-refractivity contribution in [3.8, 4) is 0 Å². The topological polar surface area (TPSA) is 29.1 Å². The average molecular weight is 369 g/mol. The number of alkyl halides is 1. The zero-order valence-corrected chi connectivity index (χ0v) is 13.3. The van der Waals surface area contributed by atoms with Crippen LogP contribution in [0, 0.1) is 0 Å². The van der Waals surface area contributed by atoms with E-state index in [0.29, 0.717) is 0 Å². The molecule has 0 fully saturated rings. The molecule has 1 rings (SSSR count). The number of hydrogen-bond donors (Lipinski definition) is 1. The van der Waals surface area contributed by atoms with Crippen molar-refractivity contribution in [2.45, 2.75) is 32.2 Å². The summed E-state index contributed by atoms with van der Waals surface area (Å²) >= 11 is 8.30. The van der Waals surface area contributed by atoms with Crippen LogP contribution < -0.4 is 5.32 Å². The van der Waals surface area contributed by atoms with Gasteiger partial charge in [-0.15, -0.1) is 11.3 Å². The lowest BCUT2D eigenvalue weighted by Gasteiger charge is -2.30. The van der Waals surface area contributed by atoms with Crippen molar-refractivity contribution < 1.29 is 4.79 Å². The van der Waals surface area contributed by atoms with Gasteiger partial charge in [0, 0.05) is 10.9 Å². The first-order valence-electron chi connectivity index (χ1n) is 5.20. The number of nitrogens with one attached hydrogen (secondary N) is 1. The highest BCUT2D eigenvalue weighted by atomic mass is 79.9. The fourth-order valence-electron chi connectivity index (χ4n) is 1.39. The van der Waals surface area contributed by atoms with Gasteiger partial charge in [-0.2, -0.15) is 0 Å². The van der Waals surface area contributed by atoms with E-state index >= 15 is 0 Å².